The molecule has 0 fully saturated rings. The lowest BCUT2D eigenvalue weighted by Crippen LogP contribution is -2.32. The summed E-state index contributed by atoms with van der Waals surface area (Å²) in [4.78, 5) is 32.6. The SMILES string of the molecule is CC(CCCC(C)C(=O)O)NC(=O)c1csc([N+](=O)[O-])c1. The average Bonchev–Trinajstić information content (AvgIpc) is 2.88. The predicted molar refractivity (Wildman–Crippen MR) is 78.6 cm³/mol. The number of rotatable bonds is 8. The number of carbonyl (C=O) groups excluding carboxylic acids is 1. The predicted octanol–water partition coefficient (Wildman–Crippen LogP) is 2.67. The van der Waals surface area contributed by atoms with Crippen LogP contribution in [0.15, 0.2) is 11.4 Å². The van der Waals surface area contributed by atoms with Crippen molar-refractivity contribution in [2.24, 2.45) is 5.92 Å². The number of hydrogen-bond acceptors (Lipinski definition) is 5. The van der Waals surface area contributed by atoms with E-state index in [1.54, 1.807) is 6.92 Å². The molecule has 0 saturated carbocycles. The van der Waals surface area contributed by atoms with Gasteiger partial charge in [-0.15, -0.1) is 0 Å². The van der Waals surface area contributed by atoms with Gasteiger partial charge in [0, 0.05) is 17.5 Å². The molecule has 0 aromatic carbocycles. The number of aliphatic carboxylic acids is 1. The standard InChI is InChI=1S/C13H18N2O5S/c1-8(13(17)18)4-3-5-9(2)14-12(16)10-6-11(15(19)20)21-7-10/h6-9H,3-5H2,1-2H3,(H,14,16)(H,17,18). The van der Waals surface area contributed by atoms with Crippen LogP contribution in [0, 0.1) is 16.0 Å². The van der Waals surface area contributed by atoms with Crippen LogP contribution < -0.4 is 5.32 Å². The van der Waals surface area contributed by atoms with Crippen molar-refractivity contribution in [3.8, 4) is 0 Å². The first-order valence-electron chi connectivity index (χ1n) is 6.58. The second kappa shape index (κ2) is 7.72. The number of nitrogens with zero attached hydrogens (tertiary/aromatic N) is 1. The molecule has 8 heteroatoms. The van der Waals surface area contributed by atoms with E-state index in [-0.39, 0.29) is 22.5 Å². The summed E-state index contributed by atoms with van der Waals surface area (Å²) in [6, 6.07) is 1.14. The summed E-state index contributed by atoms with van der Waals surface area (Å²) >= 11 is 0.913. The van der Waals surface area contributed by atoms with Crippen LogP contribution in [-0.4, -0.2) is 27.9 Å². The normalized spacial score (nSPS) is 13.4. The van der Waals surface area contributed by atoms with E-state index in [2.05, 4.69) is 5.32 Å². The minimum Gasteiger partial charge on any atom is -0.481 e. The first-order chi connectivity index (χ1) is 9.81. The van der Waals surface area contributed by atoms with E-state index in [4.69, 9.17) is 5.11 Å². The van der Waals surface area contributed by atoms with Crippen LogP contribution in [-0.2, 0) is 4.79 Å². The fourth-order valence-electron chi connectivity index (χ4n) is 1.77. The van der Waals surface area contributed by atoms with Gasteiger partial charge in [0.1, 0.15) is 0 Å². The van der Waals surface area contributed by atoms with Gasteiger partial charge in [0.25, 0.3) is 5.91 Å². The summed E-state index contributed by atoms with van der Waals surface area (Å²) in [7, 11) is 0. The molecule has 2 atom stereocenters. The number of nitrogens with one attached hydrogen (secondary N) is 1. The molecule has 0 radical (unpaired) electrons. The van der Waals surface area contributed by atoms with Crippen molar-refractivity contribution in [1.82, 2.24) is 5.32 Å². The van der Waals surface area contributed by atoms with Crippen molar-refractivity contribution in [3.63, 3.8) is 0 Å². The second-order valence-corrected chi connectivity index (χ2v) is 5.87. The van der Waals surface area contributed by atoms with Gasteiger partial charge < -0.3 is 10.4 Å². The molecule has 0 spiro atoms. The van der Waals surface area contributed by atoms with Crippen LogP contribution >= 0.6 is 11.3 Å². The number of amides is 1. The lowest BCUT2D eigenvalue weighted by atomic mass is 10.0. The third kappa shape index (κ3) is 5.50. The highest BCUT2D eigenvalue weighted by Gasteiger charge is 2.17. The fraction of sp³-hybridized carbons (Fsp3) is 0.538. The van der Waals surface area contributed by atoms with Gasteiger partial charge in [0.15, 0.2) is 0 Å². The maximum atomic E-state index is 11.9. The molecule has 21 heavy (non-hydrogen) atoms. The molecule has 0 aliphatic heterocycles. The van der Waals surface area contributed by atoms with Crippen molar-refractivity contribution >= 4 is 28.2 Å². The zero-order valence-corrected chi connectivity index (χ0v) is 12.7. The molecule has 2 unspecified atom stereocenters. The Morgan fingerprint density at radius 1 is 1.43 bits per heavy atom. The van der Waals surface area contributed by atoms with Gasteiger partial charge in [0.2, 0.25) is 0 Å². The van der Waals surface area contributed by atoms with Crippen LogP contribution in [0.4, 0.5) is 5.00 Å². The molecule has 1 amide bonds. The summed E-state index contributed by atoms with van der Waals surface area (Å²) < 4.78 is 0. The largest absolute Gasteiger partial charge is 0.481 e. The highest BCUT2D eigenvalue weighted by atomic mass is 32.1. The van der Waals surface area contributed by atoms with Crippen molar-refractivity contribution < 1.29 is 19.6 Å². The van der Waals surface area contributed by atoms with E-state index in [1.807, 2.05) is 6.92 Å². The van der Waals surface area contributed by atoms with E-state index in [9.17, 15) is 19.7 Å². The minimum atomic E-state index is -0.822. The highest BCUT2D eigenvalue weighted by Crippen LogP contribution is 2.22. The topological polar surface area (TPSA) is 110 Å². The van der Waals surface area contributed by atoms with Gasteiger partial charge in [-0.2, -0.15) is 0 Å². The molecule has 0 aliphatic rings. The maximum absolute atomic E-state index is 11.9. The molecule has 7 nitrogen and oxygen atoms in total. The van der Waals surface area contributed by atoms with Crippen molar-refractivity contribution in [1.29, 1.82) is 0 Å². The van der Waals surface area contributed by atoms with Crippen LogP contribution in [0.2, 0.25) is 0 Å². The zero-order valence-electron chi connectivity index (χ0n) is 11.9. The molecule has 116 valence electrons. The summed E-state index contributed by atoms with van der Waals surface area (Å²) in [5, 5.41) is 23.5. The lowest BCUT2D eigenvalue weighted by Gasteiger charge is -2.14. The van der Waals surface area contributed by atoms with Crippen molar-refractivity contribution in [2.45, 2.75) is 39.2 Å². The Hall–Kier alpha value is -1.96. The first-order valence-corrected chi connectivity index (χ1v) is 7.45. The quantitative estimate of drug-likeness (QED) is 0.566. The molecule has 0 bridgehead atoms. The van der Waals surface area contributed by atoms with Gasteiger partial charge in [-0.3, -0.25) is 19.7 Å². The molecular weight excluding hydrogens is 296 g/mol. The molecular formula is C13H18N2O5S. The Bertz CT molecular complexity index is 528. The molecule has 2 N–H and O–H groups in total. The average molecular weight is 314 g/mol. The summed E-state index contributed by atoms with van der Waals surface area (Å²) in [6.45, 7) is 3.47. The highest BCUT2D eigenvalue weighted by molar-refractivity contribution is 7.13. The van der Waals surface area contributed by atoms with Crippen LogP contribution in [0.3, 0.4) is 0 Å². The van der Waals surface area contributed by atoms with Crippen LogP contribution in [0.5, 0.6) is 0 Å². The molecule has 1 rings (SSSR count). The zero-order chi connectivity index (χ0) is 16.0. The van der Waals surface area contributed by atoms with E-state index < -0.39 is 16.8 Å². The molecule has 1 heterocycles. The van der Waals surface area contributed by atoms with E-state index in [0.717, 1.165) is 11.3 Å². The van der Waals surface area contributed by atoms with Crippen LogP contribution in [0.25, 0.3) is 0 Å². The monoisotopic (exact) mass is 314 g/mol. The Kier molecular flexibility index (Phi) is 6.29. The number of carboxylic acids is 1. The number of thiophene rings is 1. The van der Waals surface area contributed by atoms with Crippen LogP contribution in [0.1, 0.15) is 43.5 Å². The number of nitro groups is 1. The molecule has 0 aliphatic carbocycles. The summed E-state index contributed by atoms with van der Waals surface area (Å²) in [5.41, 5.74) is 0.275. The summed E-state index contributed by atoms with van der Waals surface area (Å²) in [6.07, 6.45) is 1.91. The number of hydrogen-bond donors (Lipinski definition) is 2. The van der Waals surface area contributed by atoms with Gasteiger partial charge in [0.05, 0.1) is 16.4 Å². The Labute approximate surface area is 126 Å². The number of carbonyl (C=O) groups is 2. The summed E-state index contributed by atoms with van der Waals surface area (Å²) in [5.74, 6) is -1.57. The smallest absolute Gasteiger partial charge is 0.324 e. The molecule has 1 aromatic rings. The molecule has 1 aromatic heterocycles. The fourth-order valence-corrected chi connectivity index (χ4v) is 2.48. The Balaban J connectivity index is 2.39. The van der Waals surface area contributed by atoms with E-state index >= 15 is 0 Å². The van der Waals surface area contributed by atoms with E-state index in [0.29, 0.717) is 19.3 Å². The van der Waals surface area contributed by atoms with E-state index in [1.165, 1.54) is 11.4 Å². The van der Waals surface area contributed by atoms with Gasteiger partial charge in [-0.05, 0) is 19.8 Å². The van der Waals surface area contributed by atoms with Gasteiger partial charge in [-0.1, -0.05) is 24.7 Å². The minimum absolute atomic E-state index is 0.0666. The van der Waals surface area contributed by atoms with Gasteiger partial charge >= 0.3 is 11.0 Å². The van der Waals surface area contributed by atoms with Crippen molar-refractivity contribution in [3.05, 3.63) is 27.1 Å². The third-order valence-electron chi connectivity index (χ3n) is 3.10. The Morgan fingerprint density at radius 2 is 2.10 bits per heavy atom. The maximum Gasteiger partial charge on any atom is 0.324 e. The Morgan fingerprint density at radius 3 is 2.62 bits per heavy atom. The lowest BCUT2D eigenvalue weighted by molar-refractivity contribution is -0.380. The number of carboxylic acid groups (broad SMARTS) is 1. The third-order valence-corrected chi connectivity index (χ3v) is 3.98. The van der Waals surface area contributed by atoms with Gasteiger partial charge in [-0.25, -0.2) is 0 Å². The second-order valence-electron chi connectivity index (χ2n) is 4.98. The molecule has 0 saturated heterocycles. The first kappa shape index (κ1) is 17.1. The van der Waals surface area contributed by atoms with Crippen molar-refractivity contribution in [2.75, 3.05) is 0 Å².